The second-order valence-electron chi connectivity index (χ2n) is 6.42. The minimum atomic E-state index is -1.15. The van der Waals surface area contributed by atoms with Crippen molar-refractivity contribution < 1.29 is 23.5 Å². The van der Waals surface area contributed by atoms with Crippen LogP contribution in [0.5, 0.6) is 0 Å². The molecule has 0 saturated carbocycles. The second kappa shape index (κ2) is 6.45. The predicted octanol–water partition coefficient (Wildman–Crippen LogP) is 4.46. The Morgan fingerprint density at radius 1 is 1.07 bits per heavy atom. The molecule has 3 aromatic rings. The Labute approximate surface area is 158 Å². The van der Waals surface area contributed by atoms with E-state index in [1.54, 1.807) is 19.1 Å². The van der Waals surface area contributed by atoms with Crippen molar-refractivity contribution in [2.24, 2.45) is 0 Å². The molecule has 7 heteroatoms. The Morgan fingerprint density at radius 3 is 2.43 bits per heavy atom. The minimum absolute atomic E-state index is 0.000744. The molecule has 4 rings (SSSR count). The molecule has 5 nitrogen and oxygen atoms in total. The number of nitrogens with one attached hydrogen (secondary N) is 2. The standard InChI is InChI=1S/C21H14F2N2O3/c1-10-8-12(21(27)28)17(24-10)9-13-18-11(4-2-7-16(18)25-20(13)26)19-14(22)5-3-6-15(19)23/h2-9,24H,1H3,(H,25,26)(H,27,28)/b13-9-. The van der Waals surface area contributed by atoms with Crippen LogP contribution >= 0.6 is 0 Å². The van der Waals surface area contributed by atoms with Crippen LogP contribution in [0.1, 0.15) is 27.3 Å². The molecule has 28 heavy (non-hydrogen) atoms. The summed E-state index contributed by atoms with van der Waals surface area (Å²) in [5.74, 6) is -3.14. The summed E-state index contributed by atoms with van der Waals surface area (Å²) in [7, 11) is 0. The van der Waals surface area contributed by atoms with E-state index < -0.39 is 23.5 Å². The first-order valence-electron chi connectivity index (χ1n) is 8.40. The number of benzene rings is 2. The summed E-state index contributed by atoms with van der Waals surface area (Å²) >= 11 is 0. The Hall–Kier alpha value is -3.74. The summed E-state index contributed by atoms with van der Waals surface area (Å²) in [6.07, 6.45) is 1.39. The van der Waals surface area contributed by atoms with Crippen molar-refractivity contribution in [1.29, 1.82) is 0 Å². The topological polar surface area (TPSA) is 82.2 Å². The van der Waals surface area contributed by atoms with Crippen LogP contribution in [0.2, 0.25) is 0 Å². The van der Waals surface area contributed by atoms with Gasteiger partial charge in [0.05, 0.1) is 22.4 Å². The molecule has 1 amide bonds. The number of amides is 1. The molecule has 0 atom stereocenters. The van der Waals surface area contributed by atoms with Crippen LogP contribution < -0.4 is 5.32 Å². The number of carbonyl (C=O) groups excluding carboxylic acids is 1. The number of carboxylic acid groups (broad SMARTS) is 1. The molecular weight excluding hydrogens is 366 g/mol. The van der Waals surface area contributed by atoms with Gasteiger partial charge in [-0.2, -0.15) is 0 Å². The first-order chi connectivity index (χ1) is 13.4. The third kappa shape index (κ3) is 2.77. The maximum atomic E-state index is 14.4. The fourth-order valence-corrected chi connectivity index (χ4v) is 3.40. The highest BCUT2D eigenvalue weighted by Crippen LogP contribution is 2.42. The molecule has 0 radical (unpaired) electrons. The fraction of sp³-hybridized carbons (Fsp3) is 0.0476. The zero-order chi connectivity index (χ0) is 20.0. The normalized spacial score (nSPS) is 14.2. The van der Waals surface area contributed by atoms with Gasteiger partial charge < -0.3 is 15.4 Å². The van der Waals surface area contributed by atoms with Gasteiger partial charge >= 0.3 is 5.97 Å². The molecule has 1 aliphatic rings. The van der Waals surface area contributed by atoms with Crippen molar-refractivity contribution in [3.05, 3.63) is 76.6 Å². The van der Waals surface area contributed by atoms with Crippen molar-refractivity contribution in [1.82, 2.24) is 4.98 Å². The van der Waals surface area contributed by atoms with Crippen LogP contribution in [0.4, 0.5) is 14.5 Å². The average Bonchev–Trinajstić information content (AvgIpc) is 3.15. The van der Waals surface area contributed by atoms with E-state index in [0.717, 1.165) is 12.1 Å². The molecule has 2 heterocycles. The fourth-order valence-electron chi connectivity index (χ4n) is 3.40. The third-order valence-corrected chi connectivity index (χ3v) is 4.56. The van der Waals surface area contributed by atoms with Crippen LogP contribution in [0.25, 0.3) is 22.8 Å². The van der Waals surface area contributed by atoms with Crippen LogP contribution in [0, 0.1) is 18.6 Å². The van der Waals surface area contributed by atoms with Gasteiger partial charge in [-0.05, 0) is 42.8 Å². The number of aromatic nitrogens is 1. The largest absolute Gasteiger partial charge is 0.478 e. The van der Waals surface area contributed by atoms with Gasteiger partial charge in [0.1, 0.15) is 11.6 Å². The van der Waals surface area contributed by atoms with Crippen LogP contribution in [0.3, 0.4) is 0 Å². The second-order valence-corrected chi connectivity index (χ2v) is 6.42. The Balaban J connectivity index is 1.97. The summed E-state index contributed by atoms with van der Waals surface area (Å²) in [6, 6.07) is 9.72. The van der Waals surface area contributed by atoms with E-state index in [2.05, 4.69) is 10.3 Å². The molecular formula is C21H14F2N2O3. The molecule has 0 unspecified atom stereocenters. The van der Waals surface area contributed by atoms with Gasteiger partial charge in [0.2, 0.25) is 0 Å². The summed E-state index contributed by atoms with van der Waals surface area (Å²) < 4.78 is 28.8. The van der Waals surface area contributed by atoms with E-state index >= 15 is 0 Å². The number of rotatable bonds is 3. The molecule has 0 spiro atoms. The van der Waals surface area contributed by atoms with E-state index in [9.17, 15) is 23.5 Å². The lowest BCUT2D eigenvalue weighted by Gasteiger charge is -2.10. The number of H-pyrrole nitrogens is 1. The molecule has 3 N–H and O–H groups in total. The van der Waals surface area contributed by atoms with Gasteiger partial charge in [0.15, 0.2) is 0 Å². The predicted molar refractivity (Wildman–Crippen MR) is 101 cm³/mol. The monoisotopic (exact) mass is 380 g/mol. The molecule has 2 aromatic carbocycles. The average molecular weight is 380 g/mol. The molecule has 0 bridgehead atoms. The maximum absolute atomic E-state index is 14.4. The highest BCUT2D eigenvalue weighted by atomic mass is 19.1. The lowest BCUT2D eigenvalue weighted by molar-refractivity contribution is -0.110. The molecule has 0 aliphatic carbocycles. The Morgan fingerprint density at radius 2 is 1.75 bits per heavy atom. The zero-order valence-corrected chi connectivity index (χ0v) is 14.6. The van der Waals surface area contributed by atoms with Crippen molar-refractivity contribution in [3.8, 4) is 11.1 Å². The molecule has 1 aromatic heterocycles. The number of aryl methyl sites for hydroxylation is 1. The van der Waals surface area contributed by atoms with E-state index in [-0.39, 0.29) is 28.0 Å². The van der Waals surface area contributed by atoms with E-state index in [0.29, 0.717) is 16.9 Å². The lowest BCUT2D eigenvalue weighted by Crippen LogP contribution is -2.04. The number of aromatic amines is 1. The van der Waals surface area contributed by atoms with Gasteiger partial charge in [-0.25, -0.2) is 13.6 Å². The summed E-state index contributed by atoms with van der Waals surface area (Å²) in [6.45, 7) is 1.69. The highest BCUT2D eigenvalue weighted by Gasteiger charge is 2.29. The number of fused-ring (bicyclic) bond motifs is 1. The van der Waals surface area contributed by atoms with E-state index in [1.165, 1.54) is 24.3 Å². The Kier molecular flexibility index (Phi) is 4.07. The van der Waals surface area contributed by atoms with E-state index in [1.807, 2.05) is 0 Å². The van der Waals surface area contributed by atoms with Crippen molar-refractivity contribution in [3.63, 3.8) is 0 Å². The van der Waals surface area contributed by atoms with Crippen LogP contribution in [-0.2, 0) is 4.79 Å². The van der Waals surface area contributed by atoms with Gasteiger partial charge in [0, 0.05) is 16.9 Å². The molecule has 0 saturated heterocycles. The maximum Gasteiger partial charge on any atom is 0.337 e. The summed E-state index contributed by atoms with van der Waals surface area (Å²) in [5, 5.41) is 12.0. The van der Waals surface area contributed by atoms with E-state index in [4.69, 9.17) is 0 Å². The van der Waals surface area contributed by atoms with Gasteiger partial charge in [-0.3, -0.25) is 4.79 Å². The minimum Gasteiger partial charge on any atom is -0.478 e. The SMILES string of the molecule is Cc1cc(C(=O)O)c(/C=C2\C(=O)Nc3cccc(-c4c(F)cccc4F)c32)[nH]1. The smallest absolute Gasteiger partial charge is 0.337 e. The number of hydrogen-bond donors (Lipinski definition) is 3. The lowest BCUT2D eigenvalue weighted by atomic mass is 9.93. The zero-order valence-electron chi connectivity index (χ0n) is 14.6. The number of aromatic carboxylic acids is 1. The van der Waals surface area contributed by atoms with Crippen LogP contribution in [-0.4, -0.2) is 22.0 Å². The number of hydrogen-bond acceptors (Lipinski definition) is 2. The van der Waals surface area contributed by atoms with Crippen molar-refractivity contribution in [2.75, 3.05) is 5.32 Å². The van der Waals surface area contributed by atoms with Crippen LogP contribution in [0.15, 0.2) is 42.5 Å². The summed E-state index contributed by atoms with van der Waals surface area (Å²) in [4.78, 5) is 26.9. The van der Waals surface area contributed by atoms with Gasteiger partial charge in [-0.1, -0.05) is 18.2 Å². The Bertz CT molecular complexity index is 1160. The molecule has 1 aliphatic heterocycles. The number of carbonyl (C=O) groups is 2. The van der Waals surface area contributed by atoms with Crippen molar-refractivity contribution >= 4 is 29.2 Å². The van der Waals surface area contributed by atoms with Gasteiger partial charge in [-0.15, -0.1) is 0 Å². The summed E-state index contributed by atoms with van der Waals surface area (Å²) in [5.41, 5.74) is 1.64. The van der Waals surface area contributed by atoms with Gasteiger partial charge in [0.25, 0.3) is 5.91 Å². The van der Waals surface area contributed by atoms with Crippen molar-refractivity contribution in [2.45, 2.75) is 6.92 Å². The number of anilines is 1. The molecule has 0 fully saturated rings. The molecule has 140 valence electrons. The first-order valence-corrected chi connectivity index (χ1v) is 8.40. The quantitative estimate of drug-likeness (QED) is 0.587. The first kappa shape index (κ1) is 17.7. The third-order valence-electron chi connectivity index (χ3n) is 4.56. The highest BCUT2D eigenvalue weighted by molar-refractivity contribution is 6.36. The number of halogens is 2. The number of carboxylic acids is 1.